The number of rotatable bonds is 10. The predicted octanol–water partition coefficient (Wildman–Crippen LogP) is 2.20. The zero-order valence-electron chi connectivity index (χ0n) is 10.2. The third-order valence-corrected chi connectivity index (χ3v) is 2.60. The van der Waals surface area contributed by atoms with E-state index in [1.54, 1.807) is 0 Å². The minimum atomic E-state index is -0.200. The topological polar surface area (TPSA) is 55.1 Å². The number of hydrogen-bond acceptors (Lipinski definition) is 2. The third-order valence-electron chi connectivity index (χ3n) is 2.60. The van der Waals surface area contributed by atoms with Gasteiger partial charge in [0, 0.05) is 12.5 Å². The Morgan fingerprint density at radius 2 is 1.87 bits per heavy atom. The first-order chi connectivity index (χ1) is 7.20. The Labute approximate surface area is 93.8 Å². The van der Waals surface area contributed by atoms with Crippen molar-refractivity contribution in [3.8, 4) is 0 Å². The van der Waals surface area contributed by atoms with Crippen LogP contribution < -0.4 is 11.1 Å². The number of nitrogens with two attached hydrogens (primary N) is 1. The first-order valence-corrected chi connectivity index (χ1v) is 6.22. The summed E-state index contributed by atoms with van der Waals surface area (Å²) in [5.41, 5.74) is 5.20. The van der Waals surface area contributed by atoms with Crippen molar-refractivity contribution in [2.75, 3.05) is 6.54 Å². The molecule has 1 amide bonds. The highest BCUT2D eigenvalue weighted by atomic mass is 16.1. The summed E-state index contributed by atoms with van der Waals surface area (Å²) < 4.78 is 0. The van der Waals surface area contributed by atoms with Gasteiger partial charge < -0.3 is 11.1 Å². The Morgan fingerprint density at radius 1 is 1.20 bits per heavy atom. The van der Waals surface area contributed by atoms with E-state index < -0.39 is 0 Å². The van der Waals surface area contributed by atoms with Crippen LogP contribution in [-0.2, 0) is 4.79 Å². The molecule has 1 atom stereocenters. The van der Waals surface area contributed by atoms with Crippen molar-refractivity contribution in [1.82, 2.24) is 5.32 Å². The molecule has 0 saturated heterocycles. The first-order valence-electron chi connectivity index (χ1n) is 6.22. The normalized spacial score (nSPS) is 12.7. The van der Waals surface area contributed by atoms with Crippen LogP contribution in [0.15, 0.2) is 0 Å². The Hall–Kier alpha value is -0.570. The van der Waals surface area contributed by atoms with Crippen LogP contribution in [0.25, 0.3) is 0 Å². The van der Waals surface area contributed by atoms with Crippen molar-refractivity contribution in [1.29, 1.82) is 0 Å². The molecule has 0 fully saturated rings. The van der Waals surface area contributed by atoms with Crippen molar-refractivity contribution >= 4 is 5.91 Å². The fourth-order valence-corrected chi connectivity index (χ4v) is 1.80. The second-order valence-electron chi connectivity index (χ2n) is 4.13. The number of carbonyl (C=O) groups excluding carboxylic acids is 1. The van der Waals surface area contributed by atoms with Crippen molar-refractivity contribution < 1.29 is 4.79 Å². The Morgan fingerprint density at radius 3 is 2.40 bits per heavy atom. The van der Waals surface area contributed by atoms with Crippen LogP contribution in [0, 0.1) is 0 Å². The van der Waals surface area contributed by atoms with Gasteiger partial charge in [-0.3, -0.25) is 4.79 Å². The zero-order chi connectivity index (χ0) is 11.5. The number of primary amides is 1. The molecule has 0 saturated carbocycles. The minimum Gasteiger partial charge on any atom is -0.370 e. The minimum absolute atomic E-state index is 0.200. The van der Waals surface area contributed by atoms with E-state index >= 15 is 0 Å². The number of hydrogen-bond donors (Lipinski definition) is 2. The van der Waals surface area contributed by atoms with Crippen LogP contribution in [0.4, 0.5) is 0 Å². The molecular weight excluding hydrogens is 188 g/mol. The molecule has 0 aromatic rings. The van der Waals surface area contributed by atoms with Crippen LogP contribution >= 0.6 is 0 Å². The zero-order valence-corrected chi connectivity index (χ0v) is 10.2. The van der Waals surface area contributed by atoms with Gasteiger partial charge in [-0.15, -0.1) is 0 Å². The predicted molar refractivity (Wildman–Crippen MR) is 64.7 cm³/mol. The molecule has 1 unspecified atom stereocenters. The molecule has 0 rings (SSSR count). The second-order valence-corrected chi connectivity index (χ2v) is 4.13. The summed E-state index contributed by atoms with van der Waals surface area (Å²) in [6.07, 6.45) is 7.92. The SMILES string of the molecule is CCCCCCCC(CC(N)=O)NCC. The largest absolute Gasteiger partial charge is 0.370 e. The van der Waals surface area contributed by atoms with Gasteiger partial charge in [-0.1, -0.05) is 46.0 Å². The summed E-state index contributed by atoms with van der Waals surface area (Å²) in [4.78, 5) is 10.8. The number of nitrogens with one attached hydrogen (secondary N) is 1. The molecule has 0 aromatic carbocycles. The van der Waals surface area contributed by atoms with E-state index in [1.165, 1.54) is 32.1 Å². The molecule has 3 heteroatoms. The molecule has 0 aliphatic carbocycles. The molecular formula is C12H26N2O. The molecule has 15 heavy (non-hydrogen) atoms. The standard InChI is InChI=1S/C12H26N2O/c1-3-5-6-7-8-9-11(14-4-2)10-12(13)15/h11,14H,3-10H2,1-2H3,(H2,13,15). The number of amides is 1. The molecule has 0 heterocycles. The van der Waals surface area contributed by atoms with Gasteiger partial charge in [-0.05, 0) is 13.0 Å². The molecule has 3 nitrogen and oxygen atoms in total. The quantitative estimate of drug-likeness (QED) is 0.548. The highest BCUT2D eigenvalue weighted by Crippen LogP contribution is 2.09. The van der Waals surface area contributed by atoms with Crippen LogP contribution in [0.5, 0.6) is 0 Å². The Balaban J connectivity index is 3.52. The van der Waals surface area contributed by atoms with E-state index in [4.69, 9.17) is 5.73 Å². The monoisotopic (exact) mass is 214 g/mol. The molecule has 3 N–H and O–H groups in total. The smallest absolute Gasteiger partial charge is 0.218 e. The van der Waals surface area contributed by atoms with Crippen LogP contribution in [0.1, 0.15) is 58.8 Å². The van der Waals surface area contributed by atoms with Crippen LogP contribution in [-0.4, -0.2) is 18.5 Å². The van der Waals surface area contributed by atoms with E-state index in [1.807, 2.05) is 0 Å². The summed E-state index contributed by atoms with van der Waals surface area (Å²) in [6, 6.07) is 0.286. The summed E-state index contributed by atoms with van der Waals surface area (Å²) in [7, 11) is 0. The maximum absolute atomic E-state index is 10.8. The highest BCUT2D eigenvalue weighted by molar-refractivity contribution is 5.74. The molecule has 0 radical (unpaired) electrons. The van der Waals surface area contributed by atoms with Gasteiger partial charge in [0.05, 0.1) is 0 Å². The molecule has 0 bridgehead atoms. The fourth-order valence-electron chi connectivity index (χ4n) is 1.80. The van der Waals surface area contributed by atoms with Gasteiger partial charge in [0.25, 0.3) is 0 Å². The number of carbonyl (C=O) groups is 1. The number of unbranched alkanes of at least 4 members (excludes halogenated alkanes) is 4. The highest BCUT2D eigenvalue weighted by Gasteiger charge is 2.09. The van der Waals surface area contributed by atoms with Gasteiger partial charge >= 0.3 is 0 Å². The lowest BCUT2D eigenvalue weighted by molar-refractivity contribution is -0.118. The van der Waals surface area contributed by atoms with Crippen LogP contribution in [0.2, 0.25) is 0 Å². The van der Waals surface area contributed by atoms with Gasteiger partial charge in [-0.25, -0.2) is 0 Å². The summed E-state index contributed by atoms with van der Waals surface area (Å²) in [6.45, 7) is 5.19. The van der Waals surface area contributed by atoms with E-state index in [9.17, 15) is 4.79 Å². The van der Waals surface area contributed by atoms with Crippen LogP contribution in [0.3, 0.4) is 0 Å². The molecule has 0 aromatic heterocycles. The fraction of sp³-hybridized carbons (Fsp3) is 0.917. The maximum Gasteiger partial charge on any atom is 0.218 e. The summed E-state index contributed by atoms with van der Waals surface area (Å²) in [5.74, 6) is -0.200. The molecule has 90 valence electrons. The molecule has 0 aliphatic heterocycles. The van der Waals surface area contributed by atoms with Crippen molar-refractivity contribution in [2.45, 2.75) is 64.8 Å². The first kappa shape index (κ1) is 14.4. The second kappa shape index (κ2) is 9.97. The average Bonchev–Trinajstić information content (AvgIpc) is 2.17. The lowest BCUT2D eigenvalue weighted by Gasteiger charge is -2.15. The van der Waals surface area contributed by atoms with Gasteiger partial charge in [0.2, 0.25) is 5.91 Å². The van der Waals surface area contributed by atoms with Gasteiger partial charge in [0.15, 0.2) is 0 Å². The Bertz CT molecular complexity index is 160. The van der Waals surface area contributed by atoms with Crippen molar-refractivity contribution in [3.05, 3.63) is 0 Å². The Kier molecular flexibility index (Phi) is 9.59. The van der Waals surface area contributed by atoms with Crippen molar-refractivity contribution in [3.63, 3.8) is 0 Å². The summed E-state index contributed by atoms with van der Waals surface area (Å²) >= 11 is 0. The van der Waals surface area contributed by atoms with E-state index in [0.717, 1.165) is 13.0 Å². The third kappa shape index (κ3) is 9.73. The lowest BCUT2D eigenvalue weighted by Crippen LogP contribution is -2.33. The molecule has 0 spiro atoms. The van der Waals surface area contributed by atoms with E-state index in [-0.39, 0.29) is 11.9 Å². The van der Waals surface area contributed by atoms with E-state index in [0.29, 0.717) is 6.42 Å². The maximum atomic E-state index is 10.8. The lowest BCUT2D eigenvalue weighted by atomic mass is 10.0. The summed E-state index contributed by atoms with van der Waals surface area (Å²) in [5, 5.41) is 3.30. The average molecular weight is 214 g/mol. The molecule has 0 aliphatic rings. The van der Waals surface area contributed by atoms with Crippen molar-refractivity contribution in [2.24, 2.45) is 5.73 Å². The van der Waals surface area contributed by atoms with E-state index in [2.05, 4.69) is 19.2 Å². The van der Waals surface area contributed by atoms with Gasteiger partial charge in [0.1, 0.15) is 0 Å². The van der Waals surface area contributed by atoms with Gasteiger partial charge in [-0.2, -0.15) is 0 Å².